The van der Waals surface area contributed by atoms with E-state index in [0.717, 1.165) is 0 Å². The van der Waals surface area contributed by atoms with Crippen LogP contribution in [0.15, 0.2) is 4.79 Å². The van der Waals surface area contributed by atoms with Gasteiger partial charge in [0.25, 0.3) is 0 Å². The van der Waals surface area contributed by atoms with Crippen molar-refractivity contribution in [1.29, 1.82) is 0 Å². The number of aromatic nitrogens is 3. The highest BCUT2D eigenvalue weighted by Crippen LogP contribution is 2.19. The number of amides is 1. The molecule has 20 heavy (non-hydrogen) atoms. The molecule has 1 amide bonds. The number of carbonyl (C=O) groups excluding carboxylic acids is 1. The van der Waals surface area contributed by atoms with Crippen LogP contribution in [0.1, 0.15) is 19.2 Å². The second-order valence-electron chi connectivity index (χ2n) is 4.68. The number of carbonyl (C=O) groups is 2. The summed E-state index contributed by atoms with van der Waals surface area (Å²) in [4.78, 5) is 36.3. The minimum Gasteiger partial charge on any atom is -0.480 e. The Morgan fingerprint density at radius 1 is 1.60 bits per heavy atom. The van der Waals surface area contributed by atoms with Crippen LogP contribution >= 0.6 is 11.8 Å². The van der Waals surface area contributed by atoms with Crippen LogP contribution in [0.25, 0.3) is 0 Å². The number of hydrogen-bond donors (Lipinski definition) is 2. The molecule has 1 aromatic rings. The monoisotopic (exact) mass is 300 g/mol. The van der Waals surface area contributed by atoms with E-state index in [1.54, 1.807) is 11.8 Å². The summed E-state index contributed by atoms with van der Waals surface area (Å²) in [5, 5.41) is 15.5. The molecular formula is C11H16N4O4S. The van der Waals surface area contributed by atoms with E-state index in [-0.39, 0.29) is 30.7 Å². The van der Waals surface area contributed by atoms with Crippen molar-refractivity contribution in [2.75, 3.05) is 6.26 Å². The van der Waals surface area contributed by atoms with E-state index in [1.807, 2.05) is 13.2 Å². The van der Waals surface area contributed by atoms with Gasteiger partial charge in [0.05, 0.1) is 13.1 Å². The number of thioether (sulfide) groups is 1. The lowest BCUT2D eigenvalue weighted by Crippen LogP contribution is -2.52. The standard InChI is InChI=1S/C11H16N4O4S/c1-6(20-2)3-9(16)14-5-8-12-13-11(19)15(8)4-7(14)10(17)18/h6-7H,3-5H2,1-2H3,(H,13,19)(H,17,18). The fourth-order valence-corrected chi connectivity index (χ4v) is 2.42. The van der Waals surface area contributed by atoms with Crippen molar-refractivity contribution < 1.29 is 14.7 Å². The number of rotatable bonds is 4. The van der Waals surface area contributed by atoms with E-state index in [1.165, 1.54) is 9.47 Å². The van der Waals surface area contributed by atoms with Crippen molar-refractivity contribution in [3.8, 4) is 0 Å². The van der Waals surface area contributed by atoms with Crippen molar-refractivity contribution in [3.05, 3.63) is 16.3 Å². The molecule has 0 aliphatic carbocycles. The van der Waals surface area contributed by atoms with Crippen molar-refractivity contribution in [2.45, 2.75) is 37.7 Å². The van der Waals surface area contributed by atoms with Crippen molar-refractivity contribution in [1.82, 2.24) is 19.7 Å². The summed E-state index contributed by atoms with van der Waals surface area (Å²) in [6, 6.07) is -1.03. The zero-order valence-corrected chi connectivity index (χ0v) is 12.0. The topological polar surface area (TPSA) is 108 Å². The molecule has 0 saturated carbocycles. The summed E-state index contributed by atoms with van der Waals surface area (Å²) in [5.41, 5.74) is -0.448. The summed E-state index contributed by atoms with van der Waals surface area (Å²) in [6.45, 7) is 1.88. The van der Waals surface area contributed by atoms with Gasteiger partial charge in [0, 0.05) is 11.7 Å². The minimum atomic E-state index is -1.12. The van der Waals surface area contributed by atoms with Gasteiger partial charge >= 0.3 is 11.7 Å². The molecule has 0 fully saturated rings. The van der Waals surface area contributed by atoms with Gasteiger partial charge in [-0.15, -0.1) is 0 Å². The molecular weight excluding hydrogens is 284 g/mol. The molecule has 2 rings (SSSR count). The highest BCUT2D eigenvalue weighted by Gasteiger charge is 2.36. The molecule has 2 unspecified atom stereocenters. The number of carboxylic acids is 1. The number of aliphatic carboxylic acids is 1. The van der Waals surface area contributed by atoms with Crippen LogP contribution in [0.5, 0.6) is 0 Å². The number of aromatic amines is 1. The zero-order chi connectivity index (χ0) is 14.9. The number of H-pyrrole nitrogens is 1. The molecule has 2 atom stereocenters. The van der Waals surface area contributed by atoms with Crippen LogP contribution in [0.4, 0.5) is 0 Å². The molecule has 2 heterocycles. The van der Waals surface area contributed by atoms with E-state index in [9.17, 15) is 19.5 Å². The van der Waals surface area contributed by atoms with Crippen LogP contribution in [0.2, 0.25) is 0 Å². The summed E-state index contributed by atoms with van der Waals surface area (Å²) in [7, 11) is 0. The number of fused-ring (bicyclic) bond motifs is 1. The Morgan fingerprint density at radius 2 is 2.30 bits per heavy atom. The molecule has 110 valence electrons. The van der Waals surface area contributed by atoms with Crippen LogP contribution < -0.4 is 5.69 Å². The molecule has 8 nitrogen and oxygen atoms in total. The molecule has 0 radical (unpaired) electrons. The van der Waals surface area contributed by atoms with Gasteiger partial charge in [0.2, 0.25) is 5.91 Å². The maximum absolute atomic E-state index is 12.2. The molecule has 1 aliphatic rings. The van der Waals surface area contributed by atoms with Crippen LogP contribution in [0.3, 0.4) is 0 Å². The number of nitrogens with zero attached hydrogens (tertiary/aromatic N) is 3. The third-order valence-electron chi connectivity index (χ3n) is 3.35. The van der Waals surface area contributed by atoms with Gasteiger partial charge in [0.1, 0.15) is 6.04 Å². The molecule has 0 spiro atoms. The fraction of sp³-hybridized carbons (Fsp3) is 0.636. The van der Waals surface area contributed by atoms with E-state index in [2.05, 4.69) is 10.2 Å². The summed E-state index contributed by atoms with van der Waals surface area (Å²) >= 11 is 1.54. The van der Waals surface area contributed by atoms with Gasteiger partial charge in [0.15, 0.2) is 5.82 Å². The van der Waals surface area contributed by atoms with E-state index < -0.39 is 17.7 Å². The van der Waals surface area contributed by atoms with Crippen molar-refractivity contribution in [3.63, 3.8) is 0 Å². The average molecular weight is 300 g/mol. The number of nitrogens with one attached hydrogen (secondary N) is 1. The third-order valence-corrected chi connectivity index (χ3v) is 4.32. The van der Waals surface area contributed by atoms with Gasteiger partial charge in [-0.1, -0.05) is 6.92 Å². The maximum atomic E-state index is 12.2. The second-order valence-corrected chi connectivity index (χ2v) is 5.96. The number of hydrogen-bond acceptors (Lipinski definition) is 5. The van der Waals surface area contributed by atoms with E-state index in [0.29, 0.717) is 5.82 Å². The Morgan fingerprint density at radius 3 is 2.90 bits per heavy atom. The summed E-state index contributed by atoms with van der Waals surface area (Å²) < 4.78 is 1.26. The average Bonchev–Trinajstić information content (AvgIpc) is 2.78. The van der Waals surface area contributed by atoms with Gasteiger partial charge in [-0.05, 0) is 6.26 Å². The van der Waals surface area contributed by atoms with Gasteiger partial charge < -0.3 is 10.0 Å². The summed E-state index contributed by atoms with van der Waals surface area (Å²) in [6.07, 6.45) is 2.16. The SMILES string of the molecule is CSC(C)CC(=O)N1Cc2n[nH]c(=O)n2CC1C(=O)O. The van der Waals surface area contributed by atoms with Gasteiger partial charge in [-0.2, -0.15) is 16.9 Å². The van der Waals surface area contributed by atoms with E-state index >= 15 is 0 Å². The lowest BCUT2D eigenvalue weighted by atomic mass is 10.1. The molecule has 0 saturated heterocycles. The van der Waals surface area contributed by atoms with Crippen molar-refractivity contribution in [2.24, 2.45) is 0 Å². The summed E-state index contributed by atoms with van der Waals surface area (Å²) in [5.74, 6) is -0.965. The molecule has 2 N–H and O–H groups in total. The molecule has 0 aromatic carbocycles. The highest BCUT2D eigenvalue weighted by molar-refractivity contribution is 7.99. The van der Waals surface area contributed by atoms with Gasteiger partial charge in [-0.3, -0.25) is 9.36 Å². The normalized spacial score (nSPS) is 19.5. The Labute approximate surface area is 119 Å². The minimum absolute atomic E-state index is 0.0373. The first-order chi connectivity index (χ1) is 9.43. The van der Waals surface area contributed by atoms with Crippen molar-refractivity contribution >= 4 is 23.6 Å². The Kier molecular flexibility index (Phi) is 4.17. The first-order valence-electron chi connectivity index (χ1n) is 6.13. The van der Waals surface area contributed by atoms with Crippen LogP contribution in [-0.4, -0.2) is 54.2 Å². The molecule has 9 heteroatoms. The maximum Gasteiger partial charge on any atom is 0.343 e. The largest absolute Gasteiger partial charge is 0.480 e. The zero-order valence-electron chi connectivity index (χ0n) is 11.2. The quantitative estimate of drug-likeness (QED) is 0.776. The lowest BCUT2D eigenvalue weighted by Gasteiger charge is -2.33. The second kappa shape index (κ2) is 5.70. The smallest absolute Gasteiger partial charge is 0.343 e. The van der Waals surface area contributed by atoms with E-state index in [4.69, 9.17) is 0 Å². The first-order valence-corrected chi connectivity index (χ1v) is 7.42. The Balaban J connectivity index is 2.25. The first kappa shape index (κ1) is 14.6. The van der Waals surface area contributed by atoms with Crippen LogP contribution in [0, 0.1) is 0 Å². The number of carboxylic acid groups (broad SMARTS) is 1. The Hall–Kier alpha value is -1.77. The molecule has 0 bridgehead atoms. The fourth-order valence-electron chi connectivity index (χ4n) is 2.11. The third kappa shape index (κ3) is 2.72. The highest BCUT2D eigenvalue weighted by atomic mass is 32.2. The van der Waals surface area contributed by atoms with Gasteiger partial charge in [-0.25, -0.2) is 14.7 Å². The van der Waals surface area contributed by atoms with Crippen LogP contribution in [-0.2, 0) is 22.7 Å². The molecule has 1 aromatic heterocycles. The predicted octanol–water partition coefficient (Wildman–Crippen LogP) is -0.492. The lowest BCUT2D eigenvalue weighted by molar-refractivity contribution is -0.152. The predicted molar refractivity (Wildman–Crippen MR) is 72.4 cm³/mol. The Bertz CT molecular complexity index is 581. The molecule has 1 aliphatic heterocycles.